The molecule has 1 rings (SSSR count). The van der Waals surface area contributed by atoms with Crippen LogP contribution in [0.25, 0.3) is 0 Å². The van der Waals surface area contributed by atoms with Crippen LogP contribution < -0.4 is 0 Å². The minimum absolute atomic E-state index is 0.0518. The predicted molar refractivity (Wildman–Crippen MR) is 51.6 cm³/mol. The Hall–Kier alpha value is -0.280. The van der Waals surface area contributed by atoms with Gasteiger partial charge in [-0.05, 0) is 0 Å². The number of hydrogen-bond acceptors (Lipinski definition) is 7. The molecule has 0 saturated carbocycles. The summed E-state index contributed by atoms with van der Waals surface area (Å²) in [7, 11) is 1.42. The molecule has 0 bridgehead atoms. The molecule has 96 valence electrons. The minimum atomic E-state index is -1.36. The fraction of sp³-hybridized carbons (Fsp3) is 1.00. The lowest BCUT2D eigenvalue weighted by molar-refractivity contribution is -0.297. The summed E-state index contributed by atoms with van der Waals surface area (Å²) in [5.41, 5.74) is 0. The maximum atomic E-state index is 9.68. The van der Waals surface area contributed by atoms with Crippen molar-refractivity contribution < 1.29 is 34.6 Å². The smallest absolute Gasteiger partial charge is 0.184 e. The standard InChI is InChI=1S/C9H18O7/c1-14-4-5-6(11)7(12)8(9(13)16-5)15-3-2-10/h5-13H,2-4H2,1H3. The van der Waals surface area contributed by atoms with Crippen LogP contribution in [0.4, 0.5) is 0 Å². The Kier molecular flexibility index (Phi) is 5.56. The second-order valence-corrected chi connectivity index (χ2v) is 3.56. The number of rotatable bonds is 5. The molecule has 0 aliphatic carbocycles. The average Bonchev–Trinajstić information content (AvgIpc) is 2.26. The molecule has 7 heteroatoms. The molecule has 0 aromatic carbocycles. The van der Waals surface area contributed by atoms with Crippen molar-refractivity contribution in [3.05, 3.63) is 0 Å². The van der Waals surface area contributed by atoms with Crippen molar-refractivity contribution in [2.45, 2.75) is 30.7 Å². The van der Waals surface area contributed by atoms with Crippen LogP contribution in [0.3, 0.4) is 0 Å². The quantitative estimate of drug-likeness (QED) is 0.417. The number of hydrogen-bond donors (Lipinski definition) is 4. The van der Waals surface area contributed by atoms with Gasteiger partial charge in [-0.25, -0.2) is 0 Å². The number of aliphatic hydroxyl groups excluding tert-OH is 4. The molecule has 5 atom stereocenters. The van der Waals surface area contributed by atoms with Gasteiger partial charge in [0.1, 0.15) is 24.4 Å². The van der Waals surface area contributed by atoms with E-state index >= 15 is 0 Å². The Morgan fingerprint density at radius 1 is 1.19 bits per heavy atom. The number of methoxy groups -OCH3 is 1. The molecular formula is C9H18O7. The zero-order chi connectivity index (χ0) is 12.1. The maximum absolute atomic E-state index is 9.68. The molecule has 1 aliphatic rings. The van der Waals surface area contributed by atoms with Crippen LogP contribution in [0.2, 0.25) is 0 Å². The molecule has 0 radical (unpaired) electrons. The summed E-state index contributed by atoms with van der Waals surface area (Å²) in [6.07, 6.45) is -5.72. The van der Waals surface area contributed by atoms with Gasteiger partial charge in [-0.2, -0.15) is 0 Å². The lowest BCUT2D eigenvalue weighted by atomic mass is 9.99. The van der Waals surface area contributed by atoms with E-state index in [2.05, 4.69) is 0 Å². The van der Waals surface area contributed by atoms with Crippen LogP contribution in [0.15, 0.2) is 0 Å². The first-order valence-corrected chi connectivity index (χ1v) is 5.03. The maximum Gasteiger partial charge on any atom is 0.184 e. The van der Waals surface area contributed by atoms with E-state index in [-0.39, 0.29) is 19.8 Å². The highest BCUT2D eigenvalue weighted by Gasteiger charge is 2.44. The molecule has 1 heterocycles. The summed E-state index contributed by atoms with van der Waals surface area (Å²) in [5, 5.41) is 37.4. The van der Waals surface area contributed by atoms with Crippen LogP contribution in [0, 0.1) is 0 Å². The van der Waals surface area contributed by atoms with Crippen molar-refractivity contribution in [3.63, 3.8) is 0 Å². The third-order valence-corrected chi connectivity index (χ3v) is 2.40. The monoisotopic (exact) mass is 238 g/mol. The lowest BCUT2D eigenvalue weighted by Gasteiger charge is -2.40. The van der Waals surface area contributed by atoms with E-state index in [0.717, 1.165) is 0 Å². The third-order valence-electron chi connectivity index (χ3n) is 2.40. The summed E-state index contributed by atoms with van der Waals surface area (Å²) in [5.74, 6) is 0. The summed E-state index contributed by atoms with van der Waals surface area (Å²) < 4.78 is 14.8. The zero-order valence-corrected chi connectivity index (χ0v) is 9.02. The molecule has 1 aliphatic heterocycles. The summed E-state index contributed by atoms with van der Waals surface area (Å²) in [6, 6.07) is 0. The molecule has 7 nitrogen and oxygen atoms in total. The molecule has 5 unspecified atom stereocenters. The van der Waals surface area contributed by atoms with Gasteiger partial charge in [0.15, 0.2) is 6.29 Å². The molecule has 0 spiro atoms. The van der Waals surface area contributed by atoms with Crippen LogP contribution in [0.5, 0.6) is 0 Å². The van der Waals surface area contributed by atoms with Gasteiger partial charge in [0.2, 0.25) is 0 Å². The van der Waals surface area contributed by atoms with Crippen LogP contribution >= 0.6 is 0 Å². The SMILES string of the molecule is COCC1OC(O)C(OCCO)C(O)C1O. The van der Waals surface area contributed by atoms with Crippen molar-refractivity contribution in [1.29, 1.82) is 0 Å². The van der Waals surface area contributed by atoms with Crippen molar-refractivity contribution in [2.75, 3.05) is 26.9 Å². The normalized spacial score (nSPS) is 39.9. The molecule has 1 saturated heterocycles. The summed E-state index contributed by atoms with van der Waals surface area (Å²) >= 11 is 0. The highest BCUT2D eigenvalue weighted by molar-refractivity contribution is 4.89. The molecule has 4 N–H and O–H groups in total. The minimum Gasteiger partial charge on any atom is -0.394 e. The molecule has 1 fully saturated rings. The Labute approximate surface area is 93.2 Å². The van der Waals surface area contributed by atoms with E-state index in [0.29, 0.717) is 0 Å². The first kappa shape index (κ1) is 13.8. The van der Waals surface area contributed by atoms with Gasteiger partial charge < -0.3 is 34.6 Å². The highest BCUT2D eigenvalue weighted by atomic mass is 16.7. The highest BCUT2D eigenvalue weighted by Crippen LogP contribution is 2.22. The predicted octanol–water partition coefficient (Wildman–Crippen LogP) is -2.55. The molecule has 0 aromatic rings. The van der Waals surface area contributed by atoms with E-state index in [1.54, 1.807) is 0 Å². The van der Waals surface area contributed by atoms with E-state index in [9.17, 15) is 15.3 Å². The fourth-order valence-corrected chi connectivity index (χ4v) is 1.59. The fourth-order valence-electron chi connectivity index (χ4n) is 1.59. The average molecular weight is 238 g/mol. The number of aliphatic hydroxyl groups is 4. The molecule has 16 heavy (non-hydrogen) atoms. The zero-order valence-electron chi connectivity index (χ0n) is 9.02. The van der Waals surface area contributed by atoms with Crippen LogP contribution in [-0.4, -0.2) is 78.1 Å². The third kappa shape index (κ3) is 3.11. The van der Waals surface area contributed by atoms with Gasteiger partial charge in [-0.1, -0.05) is 0 Å². The topological polar surface area (TPSA) is 109 Å². The lowest BCUT2D eigenvalue weighted by Crippen LogP contribution is -2.59. The van der Waals surface area contributed by atoms with Gasteiger partial charge in [0.25, 0.3) is 0 Å². The molecular weight excluding hydrogens is 220 g/mol. The largest absolute Gasteiger partial charge is 0.394 e. The van der Waals surface area contributed by atoms with Crippen molar-refractivity contribution >= 4 is 0 Å². The molecule has 0 amide bonds. The van der Waals surface area contributed by atoms with E-state index in [4.69, 9.17) is 19.3 Å². The Bertz CT molecular complexity index is 200. The number of ether oxygens (including phenoxy) is 3. The second-order valence-electron chi connectivity index (χ2n) is 3.56. The summed E-state index contributed by atoms with van der Waals surface area (Å²) in [6.45, 7) is -0.237. The molecule has 0 aromatic heterocycles. The van der Waals surface area contributed by atoms with Crippen LogP contribution in [-0.2, 0) is 14.2 Å². The first-order valence-electron chi connectivity index (χ1n) is 5.03. The van der Waals surface area contributed by atoms with Gasteiger partial charge in [0.05, 0.1) is 19.8 Å². The Morgan fingerprint density at radius 2 is 1.88 bits per heavy atom. The van der Waals surface area contributed by atoms with E-state index < -0.39 is 30.7 Å². The first-order chi connectivity index (χ1) is 7.61. The Morgan fingerprint density at radius 3 is 2.44 bits per heavy atom. The van der Waals surface area contributed by atoms with E-state index in [1.807, 2.05) is 0 Å². The Balaban J connectivity index is 2.56. The summed E-state index contributed by atoms with van der Waals surface area (Å²) in [4.78, 5) is 0. The van der Waals surface area contributed by atoms with Crippen molar-refractivity contribution in [1.82, 2.24) is 0 Å². The van der Waals surface area contributed by atoms with E-state index in [1.165, 1.54) is 7.11 Å². The second kappa shape index (κ2) is 6.45. The van der Waals surface area contributed by atoms with Gasteiger partial charge in [-0.3, -0.25) is 0 Å². The van der Waals surface area contributed by atoms with Crippen molar-refractivity contribution in [3.8, 4) is 0 Å². The van der Waals surface area contributed by atoms with Crippen molar-refractivity contribution in [2.24, 2.45) is 0 Å². The van der Waals surface area contributed by atoms with Gasteiger partial charge in [-0.15, -0.1) is 0 Å². The van der Waals surface area contributed by atoms with Gasteiger partial charge >= 0.3 is 0 Å². The van der Waals surface area contributed by atoms with Gasteiger partial charge in [0, 0.05) is 7.11 Å². The van der Waals surface area contributed by atoms with Crippen LogP contribution in [0.1, 0.15) is 0 Å².